The largest absolute Gasteiger partial charge is 0.338 e. The summed E-state index contributed by atoms with van der Waals surface area (Å²) in [5.74, 6) is 0. The quantitative estimate of drug-likeness (QED) is 0.757. The van der Waals surface area contributed by atoms with Crippen LogP contribution in [0.25, 0.3) is 0 Å². The van der Waals surface area contributed by atoms with E-state index in [0.29, 0.717) is 11.5 Å². The van der Waals surface area contributed by atoms with E-state index in [2.05, 4.69) is 12.2 Å². The minimum Gasteiger partial charge on any atom is -0.338 e. The first kappa shape index (κ1) is 13.7. The zero-order valence-corrected chi connectivity index (χ0v) is 11.6. The number of nitrogens with zero attached hydrogens (tertiary/aromatic N) is 1. The average molecular weight is 253 g/mol. The Bertz CT molecular complexity index is 285. The fourth-order valence-electron chi connectivity index (χ4n) is 3.43. The highest BCUT2D eigenvalue weighted by Crippen LogP contribution is 2.45. The van der Waals surface area contributed by atoms with Gasteiger partial charge >= 0.3 is 6.03 Å². The second kappa shape index (κ2) is 5.91. The summed E-state index contributed by atoms with van der Waals surface area (Å²) < 4.78 is 0. The third-order valence-corrected chi connectivity index (χ3v) is 4.83. The third-order valence-electron chi connectivity index (χ3n) is 4.83. The van der Waals surface area contributed by atoms with Crippen molar-refractivity contribution >= 4 is 6.03 Å². The van der Waals surface area contributed by atoms with Crippen LogP contribution in [0.4, 0.5) is 4.79 Å². The molecule has 0 bridgehead atoms. The Morgan fingerprint density at radius 1 is 1.39 bits per heavy atom. The summed E-state index contributed by atoms with van der Waals surface area (Å²) in [5.41, 5.74) is 6.59. The number of hydrogen-bond acceptors (Lipinski definition) is 2. The lowest BCUT2D eigenvalue weighted by Gasteiger charge is -2.42. The lowest BCUT2D eigenvalue weighted by molar-refractivity contribution is 0.108. The van der Waals surface area contributed by atoms with Crippen molar-refractivity contribution in [3.8, 4) is 0 Å². The molecule has 1 saturated heterocycles. The summed E-state index contributed by atoms with van der Waals surface area (Å²) in [6.45, 7) is 4.70. The van der Waals surface area contributed by atoms with Gasteiger partial charge in [-0.15, -0.1) is 0 Å². The highest BCUT2D eigenvalue weighted by molar-refractivity contribution is 5.74. The van der Waals surface area contributed by atoms with Gasteiger partial charge < -0.3 is 16.0 Å². The van der Waals surface area contributed by atoms with Crippen LogP contribution >= 0.6 is 0 Å². The van der Waals surface area contributed by atoms with Crippen molar-refractivity contribution in [1.82, 2.24) is 10.2 Å². The Morgan fingerprint density at radius 3 is 2.67 bits per heavy atom. The van der Waals surface area contributed by atoms with E-state index in [1.54, 1.807) is 0 Å². The first-order chi connectivity index (χ1) is 8.68. The zero-order chi connectivity index (χ0) is 13.0. The molecule has 1 aliphatic carbocycles. The van der Waals surface area contributed by atoms with E-state index in [9.17, 15) is 4.79 Å². The Morgan fingerprint density at radius 2 is 2.11 bits per heavy atom. The van der Waals surface area contributed by atoms with Crippen LogP contribution in [0.2, 0.25) is 0 Å². The van der Waals surface area contributed by atoms with Crippen molar-refractivity contribution in [2.75, 3.05) is 19.6 Å². The van der Waals surface area contributed by atoms with E-state index in [0.717, 1.165) is 45.3 Å². The van der Waals surface area contributed by atoms with Crippen LogP contribution in [-0.4, -0.2) is 36.6 Å². The Balaban J connectivity index is 1.77. The molecule has 4 nitrogen and oxygen atoms in total. The molecule has 1 saturated carbocycles. The fraction of sp³-hybridized carbons (Fsp3) is 0.929. The molecule has 18 heavy (non-hydrogen) atoms. The normalized spacial score (nSPS) is 26.6. The Kier molecular flexibility index (Phi) is 4.49. The average Bonchev–Trinajstić information content (AvgIpc) is 2.72. The molecule has 0 aromatic rings. The van der Waals surface area contributed by atoms with Crippen LogP contribution in [0, 0.1) is 5.41 Å². The summed E-state index contributed by atoms with van der Waals surface area (Å²) in [4.78, 5) is 13.9. The van der Waals surface area contributed by atoms with Crippen molar-refractivity contribution in [3.05, 3.63) is 0 Å². The standard InChI is InChI=1S/C14H27N3O/c1-2-3-9-16-13(18)17-10-7-14(8-11-17)6-4-5-12(14)15/h12H,2-11,15H2,1H3,(H,16,18). The van der Waals surface area contributed by atoms with Crippen LogP contribution in [0.1, 0.15) is 51.9 Å². The van der Waals surface area contributed by atoms with E-state index in [4.69, 9.17) is 5.73 Å². The number of amides is 2. The predicted octanol–water partition coefficient (Wildman–Crippen LogP) is 2.09. The predicted molar refractivity (Wildman–Crippen MR) is 73.4 cm³/mol. The monoisotopic (exact) mass is 253 g/mol. The van der Waals surface area contributed by atoms with Gasteiger partial charge in [0.15, 0.2) is 0 Å². The van der Waals surface area contributed by atoms with Gasteiger partial charge in [-0.1, -0.05) is 19.8 Å². The van der Waals surface area contributed by atoms with E-state index in [1.165, 1.54) is 19.3 Å². The maximum Gasteiger partial charge on any atom is 0.317 e. The van der Waals surface area contributed by atoms with Gasteiger partial charge in [-0.3, -0.25) is 0 Å². The Labute approximate surface area is 110 Å². The number of piperidine rings is 1. The molecule has 2 fully saturated rings. The molecule has 1 heterocycles. The van der Waals surface area contributed by atoms with Gasteiger partial charge in [0.05, 0.1) is 0 Å². The maximum atomic E-state index is 11.9. The van der Waals surface area contributed by atoms with Crippen molar-refractivity contribution in [2.24, 2.45) is 11.1 Å². The first-order valence-electron chi connectivity index (χ1n) is 7.46. The second-order valence-corrected chi connectivity index (χ2v) is 5.93. The molecule has 3 N–H and O–H groups in total. The lowest BCUT2D eigenvalue weighted by Crippen LogP contribution is -2.51. The summed E-state index contributed by atoms with van der Waals surface area (Å²) >= 11 is 0. The molecule has 0 radical (unpaired) electrons. The summed E-state index contributed by atoms with van der Waals surface area (Å²) in [6, 6.07) is 0.479. The molecule has 1 spiro atoms. The fourth-order valence-corrected chi connectivity index (χ4v) is 3.43. The summed E-state index contributed by atoms with van der Waals surface area (Å²) in [5, 5.41) is 3.00. The second-order valence-electron chi connectivity index (χ2n) is 5.93. The molecule has 1 aliphatic heterocycles. The van der Waals surface area contributed by atoms with E-state index >= 15 is 0 Å². The Hall–Kier alpha value is -0.770. The number of likely N-dealkylation sites (tertiary alicyclic amines) is 1. The van der Waals surface area contributed by atoms with Crippen molar-refractivity contribution in [2.45, 2.75) is 57.9 Å². The highest BCUT2D eigenvalue weighted by atomic mass is 16.2. The minimum atomic E-state index is 0.116. The number of rotatable bonds is 3. The van der Waals surface area contributed by atoms with Crippen LogP contribution in [0.3, 0.4) is 0 Å². The van der Waals surface area contributed by atoms with Crippen molar-refractivity contribution in [1.29, 1.82) is 0 Å². The summed E-state index contributed by atoms with van der Waals surface area (Å²) in [6.07, 6.45) is 8.07. The summed E-state index contributed by atoms with van der Waals surface area (Å²) in [7, 11) is 0. The number of hydrogen-bond donors (Lipinski definition) is 2. The van der Waals surface area contributed by atoms with Crippen LogP contribution in [0.15, 0.2) is 0 Å². The smallest absolute Gasteiger partial charge is 0.317 e. The number of unbranched alkanes of at least 4 members (excludes halogenated alkanes) is 1. The van der Waals surface area contributed by atoms with Crippen LogP contribution in [-0.2, 0) is 0 Å². The van der Waals surface area contributed by atoms with Gasteiger partial charge in [0.25, 0.3) is 0 Å². The van der Waals surface area contributed by atoms with Gasteiger partial charge in [-0.2, -0.15) is 0 Å². The third kappa shape index (κ3) is 2.79. The molecule has 4 heteroatoms. The molecule has 1 atom stereocenters. The van der Waals surface area contributed by atoms with E-state index in [-0.39, 0.29) is 6.03 Å². The molecule has 0 aromatic carbocycles. The maximum absolute atomic E-state index is 11.9. The molecule has 2 aliphatic rings. The molecule has 1 unspecified atom stereocenters. The molecule has 104 valence electrons. The van der Waals surface area contributed by atoms with Gasteiger partial charge in [0, 0.05) is 25.7 Å². The highest BCUT2D eigenvalue weighted by Gasteiger charge is 2.43. The van der Waals surface area contributed by atoms with Crippen molar-refractivity contribution in [3.63, 3.8) is 0 Å². The van der Waals surface area contributed by atoms with Crippen LogP contribution in [0.5, 0.6) is 0 Å². The first-order valence-corrected chi connectivity index (χ1v) is 7.46. The molecule has 2 amide bonds. The van der Waals surface area contributed by atoms with E-state index in [1.807, 2.05) is 4.90 Å². The SMILES string of the molecule is CCCCNC(=O)N1CCC2(CCCC2N)CC1. The topological polar surface area (TPSA) is 58.4 Å². The number of urea groups is 1. The number of nitrogens with two attached hydrogens (primary N) is 1. The van der Waals surface area contributed by atoms with Gasteiger partial charge in [0.1, 0.15) is 0 Å². The van der Waals surface area contributed by atoms with E-state index < -0.39 is 0 Å². The van der Waals surface area contributed by atoms with Gasteiger partial charge in [-0.05, 0) is 37.5 Å². The molecule has 2 rings (SSSR count). The van der Waals surface area contributed by atoms with Gasteiger partial charge in [0.2, 0.25) is 0 Å². The molecule has 0 aromatic heterocycles. The number of carbonyl (C=O) groups is 1. The number of nitrogens with one attached hydrogen (secondary N) is 1. The zero-order valence-electron chi connectivity index (χ0n) is 11.6. The number of carbonyl (C=O) groups excluding carboxylic acids is 1. The molecular weight excluding hydrogens is 226 g/mol. The van der Waals surface area contributed by atoms with Crippen LogP contribution < -0.4 is 11.1 Å². The van der Waals surface area contributed by atoms with Crippen molar-refractivity contribution < 1.29 is 4.79 Å². The van der Waals surface area contributed by atoms with Gasteiger partial charge in [-0.25, -0.2) is 4.79 Å². The lowest BCUT2D eigenvalue weighted by atomic mass is 9.74. The molecular formula is C14H27N3O. The minimum absolute atomic E-state index is 0.116.